The molecule has 1 heterocycles. The Balaban J connectivity index is 2.27. The first kappa shape index (κ1) is 10.3. The fraction of sp³-hybridized carbons (Fsp3) is 0.385. The third-order valence-electron chi connectivity index (χ3n) is 3.81. The SMILES string of the molecule is Cc1noc2c(C3(C(=O)O)CCC3)cccc12. The van der Waals surface area contributed by atoms with Gasteiger partial charge in [0, 0.05) is 10.9 Å². The van der Waals surface area contributed by atoms with E-state index in [4.69, 9.17) is 4.52 Å². The fourth-order valence-electron chi connectivity index (χ4n) is 2.59. The van der Waals surface area contributed by atoms with Gasteiger partial charge >= 0.3 is 5.97 Å². The molecule has 2 aromatic rings. The van der Waals surface area contributed by atoms with Gasteiger partial charge in [0.15, 0.2) is 5.58 Å². The highest BCUT2D eigenvalue weighted by Crippen LogP contribution is 2.46. The molecule has 0 radical (unpaired) electrons. The van der Waals surface area contributed by atoms with Gasteiger partial charge in [0.05, 0.1) is 11.1 Å². The minimum absolute atomic E-state index is 0.632. The smallest absolute Gasteiger partial charge is 0.314 e. The average Bonchev–Trinajstić information content (AvgIpc) is 2.59. The number of para-hydroxylation sites is 1. The summed E-state index contributed by atoms with van der Waals surface area (Å²) >= 11 is 0. The van der Waals surface area contributed by atoms with Gasteiger partial charge in [-0.25, -0.2) is 0 Å². The van der Waals surface area contributed by atoms with Crippen LogP contribution in [-0.2, 0) is 10.2 Å². The topological polar surface area (TPSA) is 63.3 Å². The highest BCUT2D eigenvalue weighted by atomic mass is 16.5. The first-order valence-corrected chi connectivity index (χ1v) is 5.74. The van der Waals surface area contributed by atoms with Gasteiger partial charge < -0.3 is 9.63 Å². The van der Waals surface area contributed by atoms with Crippen LogP contribution in [0.1, 0.15) is 30.5 Å². The van der Waals surface area contributed by atoms with Crippen LogP contribution < -0.4 is 0 Å². The Morgan fingerprint density at radius 3 is 2.82 bits per heavy atom. The van der Waals surface area contributed by atoms with Crippen LogP contribution in [0, 0.1) is 6.92 Å². The van der Waals surface area contributed by atoms with Crippen LogP contribution in [0.4, 0.5) is 0 Å². The van der Waals surface area contributed by atoms with Crippen molar-refractivity contribution in [3.63, 3.8) is 0 Å². The first-order chi connectivity index (χ1) is 8.15. The number of aliphatic carboxylic acids is 1. The van der Waals surface area contributed by atoms with Crippen LogP contribution >= 0.6 is 0 Å². The highest BCUT2D eigenvalue weighted by molar-refractivity contribution is 5.91. The van der Waals surface area contributed by atoms with E-state index in [0.29, 0.717) is 18.4 Å². The zero-order valence-corrected chi connectivity index (χ0v) is 9.56. The lowest BCUT2D eigenvalue weighted by Gasteiger charge is -2.37. The van der Waals surface area contributed by atoms with Gasteiger partial charge in [0.2, 0.25) is 0 Å². The van der Waals surface area contributed by atoms with Gasteiger partial charge in [-0.1, -0.05) is 23.7 Å². The number of rotatable bonds is 2. The minimum atomic E-state index is -0.759. The van der Waals surface area contributed by atoms with Gasteiger partial charge in [0.25, 0.3) is 0 Å². The molecule has 1 saturated carbocycles. The van der Waals surface area contributed by atoms with Crippen LogP contribution in [0.2, 0.25) is 0 Å². The molecule has 1 aliphatic rings. The average molecular weight is 231 g/mol. The molecule has 4 heteroatoms. The lowest BCUT2D eigenvalue weighted by atomic mass is 9.64. The number of hydrogen-bond donors (Lipinski definition) is 1. The Bertz CT molecular complexity index is 596. The molecule has 0 amide bonds. The van der Waals surface area contributed by atoms with Crippen molar-refractivity contribution in [1.29, 1.82) is 0 Å². The van der Waals surface area contributed by atoms with Crippen LogP contribution in [0.3, 0.4) is 0 Å². The number of aromatic nitrogens is 1. The maximum absolute atomic E-state index is 11.5. The van der Waals surface area contributed by atoms with Crippen molar-refractivity contribution in [3.8, 4) is 0 Å². The number of nitrogens with zero attached hydrogens (tertiary/aromatic N) is 1. The van der Waals surface area contributed by atoms with Crippen LogP contribution in [0.15, 0.2) is 22.7 Å². The van der Waals surface area contributed by atoms with E-state index in [1.807, 2.05) is 25.1 Å². The van der Waals surface area contributed by atoms with Crippen molar-refractivity contribution < 1.29 is 14.4 Å². The van der Waals surface area contributed by atoms with Gasteiger partial charge in [-0.2, -0.15) is 0 Å². The van der Waals surface area contributed by atoms with Crippen molar-refractivity contribution >= 4 is 16.9 Å². The second-order valence-corrected chi connectivity index (χ2v) is 4.69. The molecule has 17 heavy (non-hydrogen) atoms. The maximum atomic E-state index is 11.5. The zero-order chi connectivity index (χ0) is 12.0. The number of fused-ring (bicyclic) bond motifs is 1. The Hall–Kier alpha value is -1.84. The number of hydrogen-bond acceptors (Lipinski definition) is 3. The number of carboxylic acid groups (broad SMARTS) is 1. The molecule has 0 saturated heterocycles. The Kier molecular flexibility index (Phi) is 2.02. The summed E-state index contributed by atoms with van der Waals surface area (Å²) in [5.41, 5.74) is 1.45. The van der Waals surface area contributed by atoms with E-state index in [9.17, 15) is 9.90 Å². The van der Waals surface area contributed by atoms with Gasteiger partial charge in [-0.05, 0) is 25.8 Å². The lowest BCUT2D eigenvalue weighted by Crippen LogP contribution is -2.42. The monoisotopic (exact) mass is 231 g/mol. The van der Waals surface area contributed by atoms with Crippen molar-refractivity contribution in [2.24, 2.45) is 0 Å². The summed E-state index contributed by atoms with van der Waals surface area (Å²) in [5.74, 6) is -0.759. The number of carbonyl (C=O) groups is 1. The minimum Gasteiger partial charge on any atom is -0.481 e. The number of benzene rings is 1. The summed E-state index contributed by atoms with van der Waals surface area (Å²) in [4.78, 5) is 11.5. The van der Waals surface area contributed by atoms with E-state index in [2.05, 4.69) is 5.16 Å². The Labute approximate surface area is 98.2 Å². The number of carboxylic acids is 1. The van der Waals surface area contributed by atoms with Gasteiger partial charge in [0.1, 0.15) is 0 Å². The third kappa shape index (κ3) is 1.24. The molecular weight excluding hydrogens is 218 g/mol. The molecular formula is C13H13NO3. The van der Waals surface area contributed by atoms with E-state index in [1.165, 1.54) is 0 Å². The van der Waals surface area contributed by atoms with Crippen molar-refractivity contribution in [1.82, 2.24) is 5.16 Å². The maximum Gasteiger partial charge on any atom is 0.314 e. The molecule has 0 spiro atoms. The summed E-state index contributed by atoms with van der Waals surface area (Å²) in [7, 11) is 0. The molecule has 4 nitrogen and oxygen atoms in total. The summed E-state index contributed by atoms with van der Waals surface area (Å²) < 4.78 is 5.30. The Morgan fingerprint density at radius 2 is 2.24 bits per heavy atom. The predicted molar refractivity (Wildman–Crippen MR) is 61.9 cm³/mol. The van der Waals surface area contributed by atoms with Crippen molar-refractivity contribution in [3.05, 3.63) is 29.5 Å². The molecule has 1 aromatic carbocycles. The van der Waals surface area contributed by atoms with Crippen LogP contribution in [-0.4, -0.2) is 16.2 Å². The second kappa shape index (κ2) is 3.32. The van der Waals surface area contributed by atoms with Crippen LogP contribution in [0.5, 0.6) is 0 Å². The molecule has 1 aromatic heterocycles. The second-order valence-electron chi connectivity index (χ2n) is 4.69. The van der Waals surface area contributed by atoms with Gasteiger partial charge in [-0.3, -0.25) is 4.79 Å². The first-order valence-electron chi connectivity index (χ1n) is 5.74. The fourth-order valence-corrected chi connectivity index (χ4v) is 2.59. The molecule has 1 N–H and O–H groups in total. The molecule has 0 bridgehead atoms. The molecule has 3 rings (SSSR count). The van der Waals surface area contributed by atoms with E-state index in [0.717, 1.165) is 23.1 Å². The molecule has 1 fully saturated rings. The third-order valence-corrected chi connectivity index (χ3v) is 3.81. The van der Waals surface area contributed by atoms with Crippen molar-refractivity contribution in [2.75, 3.05) is 0 Å². The molecule has 0 atom stereocenters. The highest BCUT2D eigenvalue weighted by Gasteiger charge is 2.47. The van der Waals surface area contributed by atoms with E-state index in [1.54, 1.807) is 0 Å². The van der Waals surface area contributed by atoms with E-state index in [-0.39, 0.29) is 0 Å². The molecule has 88 valence electrons. The lowest BCUT2D eigenvalue weighted by molar-refractivity contribution is -0.147. The quantitative estimate of drug-likeness (QED) is 0.862. The summed E-state index contributed by atoms with van der Waals surface area (Å²) in [6, 6.07) is 5.64. The molecule has 0 aliphatic heterocycles. The van der Waals surface area contributed by atoms with Gasteiger partial charge in [-0.15, -0.1) is 0 Å². The summed E-state index contributed by atoms with van der Waals surface area (Å²) in [5, 5.41) is 14.3. The van der Waals surface area contributed by atoms with E-state index >= 15 is 0 Å². The zero-order valence-electron chi connectivity index (χ0n) is 9.56. The molecule has 1 aliphatic carbocycles. The summed E-state index contributed by atoms with van der Waals surface area (Å²) in [6.07, 6.45) is 2.32. The predicted octanol–water partition coefficient (Wildman–Crippen LogP) is 2.64. The Morgan fingerprint density at radius 1 is 1.47 bits per heavy atom. The standard InChI is InChI=1S/C13H13NO3/c1-8-9-4-2-5-10(11(9)17-14-8)13(12(15)16)6-3-7-13/h2,4-5H,3,6-7H2,1H3,(H,15,16). The normalized spacial score (nSPS) is 17.9. The van der Waals surface area contributed by atoms with Crippen LogP contribution in [0.25, 0.3) is 11.0 Å². The molecule has 0 unspecified atom stereocenters. The van der Waals surface area contributed by atoms with E-state index < -0.39 is 11.4 Å². The largest absolute Gasteiger partial charge is 0.481 e. The summed E-state index contributed by atoms with van der Waals surface area (Å²) in [6.45, 7) is 1.86. The number of aryl methyl sites for hydroxylation is 1. The van der Waals surface area contributed by atoms with Crippen molar-refractivity contribution in [2.45, 2.75) is 31.6 Å².